The van der Waals surface area contributed by atoms with E-state index in [9.17, 15) is 0 Å². The van der Waals surface area contributed by atoms with Crippen molar-refractivity contribution in [2.24, 2.45) is 0 Å². The maximum absolute atomic E-state index is 8.79. The van der Waals surface area contributed by atoms with E-state index in [-0.39, 0.29) is 16.2 Å². The summed E-state index contributed by atoms with van der Waals surface area (Å²) < 4.78 is 11.0. The standard InChI is InChI=1S/C93H123ClN2S/c1-7-13-19-25-31-43-61-91(62-44-32-26-20-14-8-2)79-52-40-37-49-73(79)76-58-55-70(67-82(76)91)85-86(71-56-59-77-74-50-38-41-53-80(74)92(83(77)68-71,63-45-33-27-21-15-9-3)64-46-34-28-22-16-10-4)89-90(96-97-95-89)87(88(85)94)72-57-60-78-75-51-39-42-54-81(75)93(84(78)69-72,65-47-35-29-23-17-11-5)66-48-36-30-24-18-12-6/h37-42,49-60,67-69H,7-36,43-48,61-66H2,1-6H3. The zero-order valence-electron chi connectivity index (χ0n) is 61.5. The molecule has 0 aliphatic heterocycles. The minimum atomic E-state index is -0.0877. The van der Waals surface area contributed by atoms with Crippen LogP contribution < -0.4 is 0 Å². The summed E-state index contributed by atoms with van der Waals surface area (Å²) in [6, 6.07) is 51.6. The highest BCUT2D eigenvalue weighted by Crippen LogP contribution is 2.61. The van der Waals surface area contributed by atoms with Crippen molar-refractivity contribution in [3.8, 4) is 66.8 Å². The molecule has 2 nitrogen and oxygen atoms in total. The van der Waals surface area contributed by atoms with Crippen molar-refractivity contribution in [3.05, 3.63) is 166 Å². The molecule has 1 heterocycles. The molecule has 8 aromatic rings. The van der Waals surface area contributed by atoms with Crippen molar-refractivity contribution in [2.75, 3.05) is 0 Å². The number of nitrogens with zero attached hydrogens (tertiary/aromatic N) is 2. The Morgan fingerprint density at radius 3 is 0.794 bits per heavy atom. The summed E-state index contributed by atoms with van der Waals surface area (Å²) in [5.74, 6) is 0. The predicted octanol–water partition coefficient (Wildman–Crippen LogP) is 30.6. The molecule has 0 N–H and O–H groups in total. The largest absolute Gasteiger partial charge is 0.172 e. The smallest absolute Gasteiger partial charge is 0.114 e. The third-order valence-corrected chi connectivity index (χ3v) is 25.0. The molecule has 0 fully saturated rings. The predicted molar refractivity (Wildman–Crippen MR) is 425 cm³/mol. The summed E-state index contributed by atoms with van der Waals surface area (Å²) in [6.45, 7) is 14.1. The Morgan fingerprint density at radius 2 is 0.495 bits per heavy atom. The Bertz CT molecular complexity index is 3720. The second kappa shape index (κ2) is 36.3. The van der Waals surface area contributed by atoms with Crippen molar-refractivity contribution >= 4 is 34.4 Å². The molecule has 0 bridgehead atoms. The second-order valence-electron chi connectivity index (χ2n) is 30.7. The first-order valence-electron chi connectivity index (χ1n) is 40.6. The normalized spacial score (nSPS) is 14.3. The SMILES string of the molecule is CCCCCCCCC1(CCCCCCCC)c2ccccc2-c2ccc(-c3c(Cl)c(-c4ccc5c(c4)C(CCCCCCCC)(CCCCCCCC)c4ccccc4-5)c4nsnc4c3-c3ccc4c(c3)C(CCCCCCCC)(CCCCCCCC)c3ccccc3-4)cc21. The van der Waals surface area contributed by atoms with Crippen LogP contribution in [0.25, 0.3) is 77.8 Å². The van der Waals surface area contributed by atoms with Crippen LogP contribution in [0.15, 0.2) is 127 Å². The maximum Gasteiger partial charge on any atom is 0.114 e. The van der Waals surface area contributed by atoms with Crippen LogP contribution in [0.5, 0.6) is 0 Å². The van der Waals surface area contributed by atoms with Gasteiger partial charge in [0.15, 0.2) is 0 Å². The Balaban J connectivity index is 1.12. The molecule has 0 amide bonds. The number of fused-ring (bicyclic) bond motifs is 10. The first kappa shape index (κ1) is 72.9. The van der Waals surface area contributed by atoms with Gasteiger partial charge in [0, 0.05) is 32.9 Å². The van der Waals surface area contributed by atoms with Gasteiger partial charge in [-0.3, -0.25) is 0 Å². The van der Waals surface area contributed by atoms with E-state index in [2.05, 4.69) is 169 Å². The lowest BCUT2D eigenvalue weighted by Crippen LogP contribution is -2.25. The molecule has 0 radical (unpaired) electrons. The molecular weight excluding hydrogens is 1210 g/mol. The van der Waals surface area contributed by atoms with E-state index < -0.39 is 0 Å². The number of hydrogen-bond donors (Lipinski definition) is 0. The summed E-state index contributed by atoms with van der Waals surface area (Å²) in [7, 11) is 0. The lowest BCUT2D eigenvalue weighted by atomic mass is 9.69. The van der Waals surface area contributed by atoms with Crippen LogP contribution in [0.4, 0.5) is 0 Å². The highest BCUT2D eigenvalue weighted by Gasteiger charge is 2.46. The van der Waals surface area contributed by atoms with E-state index in [4.69, 9.17) is 20.3 Å². The molecule has 3 aliphatic rings. The minimum Gasteiger partial charge on any atom is -0.172 e. The molecule has 1 aromatic heterocycles. The topological polar surface area (TPSA) is 25.8 Å². The van der Waals surface area contributed by atoms with Crippen LogP contribution in [-0.4, -0.2) is 8.75 Å². The van der Waals surface area contributed by atoms with E-state index in [1.807, 2.05) is 0 Å². The average molecular weight is 1340 g/mol. The lowest BCUT2D eigenvalue weighted by Gasteiger charge is -2.34. The quantitative estimate of drug-likeness (QED) is 0.0356. The summed E-state index contributed by atoms with van der Waals surface area (Å²) in [5.41, 5.74) is 26.3. The number of aromatic nitrogens is 2. The fourth-order valence-corrected chi connectivity index (χ4v) is 19.8. The van der Waals surface area contributed by atoms with Gasteiger partial charge in [0.1, 0.15) is 11.0 Å². The molecule has 4 heteroatoms. The first-order chi connectivity index (χ1) is 47.8. The summed E-state index contributed by atoms with van der Waals surface area (Å²) >= 11 is 10.2. The van der Waals surface area contributed by atoms with Crippen LogP contribution in [0.3, 0.4) is 0 Å². The van der Waals surface area contributed by atoms with Crippen LogP contribution in [-0.2, 0) is 16.2 Å². The van der Waals surface area contributed by atoms with Crippen molar-refractivity contribution in [2.45, 2.75) is 327 Å². The fourth-order valence-electron chi connectivity index (χ4n) is 18.9. The van der Waals surface area contributed by atoms with Gasteiger partial charge in [-0.15, -0.1) is 0 Å². The van der Waals surface area contributed by atoms with Crippen LogP contribution in [0.1, 0.15) is 345 Å². The molecule has 0 spiro atoms. The molecule has 0 atom stereocenters. The molecule has 11 rings (SSSR count). The molecule has 3 aliphatic carbocycles. The van der Waals surface area contributed by atoms with Crippen LogP contribution in [0.2, 0.25) is 5.02 Å². The van der Waals surface area contributed by atoms with E-state index in [1.54, 1.807) is 16.7 Å². The number of benzene rings is 7. The van der Waals surface area contributed by atoms with E-state index in [0.717, 1.165) is 32.7 Å². The highest BCUT2D eigenvalue weighted by atomic mass is 35.5. The maximum atomic E-state index is 8.79. The highest BCUT2D eigenvalue weighted by molar-refractivity contribution is 7.00. The molecule has 7 aromatic carbocycles. The molecule has 0 saturated heterocycles. The van der Waals surface area contributed by atoms with Crippen molar-refractivity contribution in [1.82, 2.24) is 8.75 Å². The molecular formula is C93H123ClN2S. The summed E-state index contributed by atoms with van der Waals surface area (Å²) in [5, 5.41) is 0.810. The van der Waals surface area contributed by atoms with Crippen molar-refractivity contribution in [1.29, 1.82) is 0 Å². The Labute approximate surface area is 599 Å². The van der Waals surface area contributed by atoms with Gasteiger partial charge < -0.3 is 0 Å². The first-order valence-corrected chi connectivity index (χ1v) is 41.7. The van der Waals surface area contributed by atoms with E-state index in [1.165, 1.54) is 348 Å². The zero-order chi connectivity index (χ0) is 67.3. The second-order valence-corrected chi connectivity index (χ2v) is 31.6. The Hall–Kier alpha value is -5.35. The number of halogens is 1. The summed E-state index contributed by atoms with van der Waals surface area (Å²) in [6.07, 6.45) is 53.8. The third kappa shape index (κ3) is 16.1. The van der Waals surface area contributed by atoms with Gasteiger partial charge in [-0.2, -0.15) is 8.75 Å². The zero-order valence-corrected chi connectivity index (χ0v) is 63.1. The van der Waals surface area contributed by atoms with Crippen LogP contribution in [0, 0.1) is 0 Å². The minimum absolute atomic E-state index is 0.0734. The fraction of sp³-hybridized carbons (Fsp3) is 0.548. The number of hydrogen-bond acceptors (Lipinski definition) is 3. The van der Waals surface area contributed by atoms with Crippen molar-refractivity contribution < 1.29 is 0 Å². The molecule has 0 unspecified atom stereocenters. The Kier molecular flexibility index (Phi) is 27.3. The van der Waals surface area contributed by atoms with Gasteiger partial charge in [0.05, 0.1) is 16.8 Å². The van der Waals surface area contributed by atoms with Gasteiger partial charge in [0.2, 0.25) is 0 Å². The van der Waals surface area contributed by atoms with Gasteiger partial charge in [-0.05, 0) is 140 Å². The van der Waals surface area contributed by atoms with E-state index in [0.29, 0.717) is 0 Å². The lowest BCUT2D eigenvalue weighted by molar-refractivity contribution is 0.398. The molecule has 0 saturated carbocycles. The molecule has 97 heavy (non-hydrogen) atoms. The average Bonchev–Trinajstić information content (AvgIpc) is 1.58. The third-order valence-electron chi connectivity index (χ3n) is 24.1. The van der Waals surface area contributed by atoms with Crippen LogP contribution >= 0.6 is 23.3 Å². The number of rotatable bonds is 45. The van der Waals surface area contributed by atoms with Gasteiger partial charge in [-0.25, -0.2) is 0 Å². The van der Waals surface area contributed by atoms with Gasteiger partial charge in [-0.1, -0.05) is 393 Å². The van der Waals surface area contributed by atoms with Gasteiger partial charge >= 0.3 is 0 Å². The van der Waals surface area contributed by atoms with E-state index >= 15 is 0 Å². The number of unbranched alkanes of at least 4 members (excludes halogenated alkanes) is 30. The summed E-state index contributed by atoms with van der Waals surface area (Å²) in [4.78, 5) is 0. The van der Waals surface area contributed by atoms with Gasteiger partial charge in [0.25, 0.3) is 0 Å². The monoisotopic (exact) mass is 1330 g/mol. The van der Waals surface area contributed by atoms with Crippen molar-refractivity contribution in [3.63, 3.8) is 0 Å². The Morgan fingerprint density at radius 1 is 0.258 bits per heavy atom. The molecule has 518 valence electrons.